The second-order valence-corrected chi connectivity index (χ2v) is 23.0. The number of carboxylic acid groups (broad SMARTS) is 3. The Bertz CT molecular complexity index is 1590. The standard InChI is InChI=1S/C28H48N2O5S.C18H34O3.C10H16N2O3S/c1-2-3-4-11-16-22(17-12-9-7-5-6-8-10-13-19-25(31)32)35-26(33)20-15-14-18-24-27-23(21-36-24)29-28(34)30-27;1-2-3-4-11-14-17(19)15-12-9-7-5-6-8-10-13-16-18(20)21;13-8(14)4-2-1-3-7-9-6(5-16-7)11-10(15)12-9/h9,12,22-24,27H,2-8,10-11,13-21H2,1H3,(H,31,32)(H2,29,30,34);9,12,17,19H,2-8,10-11,13-16H2,1H3,(H,20,21);6-7,9H,1-5H2,(H,13,14)(H2,11,12,15)/b2*12-9-;/t22-,23+,24+,27+;17-;6-,7-,9-/m110/s1. The van der Waals surface area contributed by atoms with Gasteiger partial charge in [-0.15, -0.1) is 0 Å². The average Bonchev–Trinajstić information content (AvgIpc) is 4.12. The van der Waals surface area contributed by atoms with Crippen molar-refractivity contribution in [1.82, 2.24) is 21.3 Å². The molecule has 0 bridgehead atoms. The number of amides is 4. The smallest absolute Gasteiger partial charge is 0.315 e. The van der Waals surface area contributed by atoms with Crippen LogP contribution in [0.1, 0.15) is 232 Å². The normalized spacial score (nSPS) is 21.5. The fourth-order valence-electron chi connectivity index (χ4n) is 9.59. The van der Waals surface area contributed by atoms with Crippen molar-refractivity contribution in [2.24, 2.45) is 0 Å². The minimum atomic E-state index is -0.729. The number of carbonyl (C=O) groups excluding carboxylic acids is 3. The number of hydrogen-bond donors (Lipinski definition) is 8. The van der Waals surface area contributed by atoms with Crippen molar-refractivity contribution in [1.29, 1.82) is 0 Å². The molecule has 0 saturated carbocycles. The van der Waals surface area contributed by atoms with E-state index in [1.54, 1.807) is 0 Å². The van der Waals surface area contributed by atoms with Crippen molar-refractivity contribution in [3.8, 4) is 0 Å². The average molecular weight is 1070 g/mol. The number of carboxylic acids is 3. The van der Waals surface area contributed by atoms with Gasteiger partial charge in [0, 0.05) is 54.1 Å². The van der Waals surface area contributed by atoms with Crippen LogP contribution in [-0.2, 0) is 23.9 Å². The van der Waals surface area contributed by atoms with Gasteiger partial charge in [0.05, 0.1) is 30.3 Å². The van der Waals surface area contributed by atoms with E-state index in [0.717, 1.165) is 159 Å². The van der Waals surface area contributed by atoms with Gasteiger partial charge in [-0.05, 0) is 89.9 Å². The van der Waals surface area contributed by atoms with Gasteiger partial charge in [-0.1, -0.05) is 134 Å². The van der Waals surface area contributed by atoms with Crippen molar-refractivity contribution >= 4 is 59.5 Å². The molecular weight excluding hydrogens is 969 g/mol. The number of thioether (sulfide) groups is 2. The third-order valence-electron chi connectivity index (χ3n) is 13.9. The van der Waals surface area contributed by atoms with Gasteiger partial charge in [0.1, 0.15) is 6.10 Å². The van der Waals surface area contributed by atoms with Gasteiger partial charge < -0.3 is 46.4 Å². The number of allylic oxidation sites excluding steroid dienone is 2. The summed E-state index contributed by atoms with van der Waals surface area (Å²) in [6.07, 6.45) is 40.6. The second-order valence-electron chi connectivity index (χ2n) is 20.4. The highest BCUT2D eigenvalue weighted by Crippen LogP contribution is 2.34. The molecule has 420 valence electrons. The van der Waals surface area contributed by atoms with Crippen molar-refractivity contribution < 1.29 is 53.9 Å². The zero-order valence-electron chi connectivity index (χ0n) is 44.8. The van der Waals surface area contributed by atoms with E-state index in [-0.39, 0.29) is 67.2 Å². The first kappa shape index (κ1) is 65.7. The SMILES string of the molecule is CCCCCC[C@@H](O)C/C=C\CCCCCCCC(=O)O.CCCCCC[C@H](C/C=C\CCCCCCCC(=O)O)OC(=O)CCCC[C@@H]1SC[C@@H]2NC(=O)N[C@@H]21.O=C(O)CCCC[C@@H]1SC[C@@H]2NC(=O)N[C@@H]21. The molecule has 4 heterocycles. The Labute approximate surface area is 447 Å². The Morgan fingerprint density at radius 1 is 0.521 bits per heavy atom. The van der Waals surface area contributed by atoms with E-state index in [1.165, 1.54) is 44.9 Å². The van der Waals surface area contributed by atoms with Crippen LogP contribution in [0.15, 0.2) is 24.3 Å². The quantitative estimate of drug-likeness (QED) is 0.0123. The topological polar surface area (TPSA) is 241 Å². The number of aliphatic carboxylic acids is 3. The van der Waals surface area contributed by atoms with Gasteiger partial charge in [0.25, 0.3) is 0 Å². The molecule has 0 aliphatic carbocycles. The predicted molar refractivity (Wildman–Crippen MR) is 296 cm³/mol. The molecule has 8 atom stereocenters. The van der Waals surface area contributed by atoms with E-state index in [4.69, 9.17) is 20.1 Å². The van der Waals surface area contributed by atoms with Crippen molar-refractivity contribution in [2.75, 3.05) is 11.5 Å². The second kappa shape index (κ2) is 42.7. The number of urea groups is 2. The van der Waals surface area contributed by atoms with Crippen LogP contribution < -0.4 is 21.3 Å². The minimum Gasteiger partial charge on any atom is -0.481 e. The molecule has 73 heavy (non-hydrogen) atoms. The molecule has 0 aromatic carbocycles. The molecule has 4 fully saturated rings. The summed E-state index contributed by atoms with van der Waals surface area (Å²) in [6, 6.07) is 0.870. The summed E-state index contributed by atoms with van der Waals surface area (Å²) in [5, 5.41) is 48.2. The van der Waals surface area contributed by atoms with Gasteiger partial charge in [-0.3, -0.25) is 19.2 Å². The summed E-state index contributed by atoms with van der Waals surface area (Å²) in [4.78, 5) is 66.3. The Balaban J connectivity index is 0.000000415. The lowest BCUT2D eigenvalue weighted by atomic mass is 10.0. The molecule has 4 aliphatic heterocycles. The Morgan fingerprint density at radius 2 is 0.932 bits per heavy atom. The molecule has 0 radical (unpaired) electrons. The highest BCUT2D eigenvalue weighted by atomic mass is 32.2. The van der Waals surface area contributed by atoms with E-state index in [0.29, 0.717) is 23.3 Å². The minimum absolute atomic E-state index is 0.0347. The number of nitrogens with one attached hydrogen (secondary N) is 4. The molecule has 4 aliphatic rings. The molecule has 15 nitrogen and oxygen atoms in total. The summed E-state index contributed by atoms with van der Waals surface area (Å²) in [5.74, 6) is -0.275. The van der Waals surface area contributed by atoms with E-state index in [2.05, 4.69) is 59.4 Å². The number of aliphatic hydroxyl groups excluding tert-OH is 1. The molecule has 0 unspecified atom stereocenters. The Kier molecular flexibility index (Phi) is 38.5. The molecule has 0 spiro atoms. The number of fused-ring (bicyclic) bond motifs is 2. The Hall–Kier alpha value is -3.44. The zero-order valence-corrected chi connectivity index (χ0v) is 46.5. The highest BCUT2D eigenvalue weighted by Gasteiger charge is 2.43. The van der Waals surface area contributed by atoms with Gasteiger partial charge in [0.15, 0.2) is 0 Å². The monoisotopic (exact) mass is 1070 g/mol. The fraction of sp³-hybridized carbons (Fsp3) is 0.821. The maximum atomic E-state index is 12.5. The molecule has 17 heteroatoms. The number of rotatable bonds is 41. The molecular formula is C56H98N4O11S2. The van der Waals surface area contributed by atoms with Crippen LogP contribution in [0.2, 0.25) is 0 Å². The Morgan fingerprint density at radius 3 is 1.41 bits per heavy atom. The number of aliphatic hydroxyl groups is 1. The predicted octanol–water partition coefficient (Wildman–Crippen LogP) is 12.2. The molecule has 4 saturated heterocycles. The van der Waals surface area contributed by atoms with Crippen LogP contribution >= 0.6 is 23.5 Å². The third kappa shape index (κ3) is 34.0. The first-order chi connectivity index (χ1) is 35.3. The van der Waals surface area contributed by atoms with E-state index in [9.17, 15) is 33.9 Å². The van der Waals surface area contributed by atoms with Crippen molar-refractivity contribution in [3.63, 3.8) is 0 Å². The lowest BCUT2D eigenvalue weighted by molar-refractivity contribution is -0.149. The largest absolute Gasteiger partial charge is 0.481 e. The maximum Gasteiger partial charge on any atom is 0.315 e. The molecule has 4 amide bonds. The van der Waals surface area contributed by atoms with Gasteiger partial charge >= 0.3 is 35.9 Å². The number of unbranched alkanes of at least 4 members (excludes halogenated alkanes) is 18. The van der Waals surface area contributed by atoms with Crippen LogP contribution in [0.25, 0.3) is 0 Å². The molecule has 0 aromatic heterocycles. The van der Waals surface area contributed by atoms with Crippen LogP contribution in [0.3, 0.4) is 0 Å². The van der Waals surface area contributed by atoms with Crippen molar-refractivity contribution in [3.05, 3.63) is 24.3 Å². The molecule has 8 N–H and O–H groups in total. The van der Waals surface area contributed by atoms with Gasteiger partial charge in [-0.25, -0.2) is 9.59 Å². The molecule has 0 aromatic rings. The number of ether oxygens (including phenoxy) is 1. The highest BCUT2D eigenvalue weighted by molar-refractivity contribution is 8.00. The number of carbonyl (C=O) groups is 6. The first-order valence-electron chi connectivity index (χ1n) is 28.5. The van der Waals surface area contributed by atoms with Crippen molar-refractivity contribution in [2.45, 2.75) is 279 Å². The summed E-state index contributed by atoms with van der Waals surface area (Å²) in [7, 11) is 0. The van der Waals surface area contributed by atoms with Gasteiger partial charge in [-0.2, -0.15) is 23.5 Å². The lowest BCUT2D eigenvalue weighted by Gasteiger charge is -2.18. The maximum absolute atomic E-state index is 12.5. The summed E-state index contributed by atoms with van der Waals surface area (Å²) < 4.78 is 5.87. The fourth-order valence-corrected chi connectivity index (χ4v) is 12.7. The first-order valence-corrected chi connectivity index (χ1v) is 30.6. The zero-order chi connectivity index (χ0) is 53.3. The molecule has 4 rings (SSSR count). The van der Waals surface area contributed by atoms with Crippen LogP contribution in [-0.4, -0.2) is 115 Å². The summed E-state index contributed by atoms with van der Waals surface area (Å²) in [5.41, 5.74) is 0. The van der Waals surface area contributed by atoms with E-state index >= 15 is 0 Å². The van der Waals surface area contributed by atoms with Gasteiger partial charge in [0.2, 0.25) is 0 Å². The number of hydrogen-bond acceptors (Lipinski definition) is 10. The summed E-state index contributed by atoms with van der Waals surface area (Å²) >= 11 is 3.79. The third-order valence-corrected chi connectivity index (χ3v) is 16.9. The van der Waals surface area contributed by atoms with E-state index in [1.807, 2.05) is 23.5 Å². The van der Waals surface area contributed by atoms with E-state index < -0.39 is 17.9 Å². The van der Waals surface area contributed by atoms with Crippen LogP contribution in [0, 0.1) is 0 Å². The van der Waals surface area contributed by atoms with Crippen LogP contribution in [0.4, 0.5) is 9.59 Å². The lowest BCUT2D eigenvalue weighted by Crippen LogP contribution is -2.36. The summed E-state index contributed by atoms with van der Waals surface area (Å²) in [6.45, 7) is 4.40. The number of esters is 1. The van der Waals surface area contributed by atoms with Crippen LogP contribution in [0.5, 0.6) is 0 Å².